The third kappa shape index (κ3) is 4.32. The minimum atomic E-state index is -0.853. The van der Waals surface area contributed by atoms with Crippen molar-refractivity contribution in [1.29, 1.82) is 0 Å². The lowest BCUT2D eigenvalue weighted by atomic mass is 9.78. The van der Waals surface area contributed by atoms with Crippen LogP contribution in [0.2, 0.25) is 0 Å². The van der Waals surface area contributed by atoms with Crippen molar-refractivity contribution in [3.8, 4) is 5.75 Å². The number of aryl methyl sites for hydroxylation is 1. The van der Waals surface area contributed by atoms with Gasteiger partial charge in [0, 0.05) is 37.7 Å². The van der Waals surface area contributed by atoms with E-state index in [9.17, 15) is 14.7 Å². The summed E-state index contributed by atoms with van der Waals surface area (Å²) in [4.78, 5) is 31.8. The Kier molecular flexibility index (Phi) is 6.45. The molecule has 0 aliphatic rings. The van der Waals surface area contributed by atoms with E-state index >= 15 is 0 Å². The summed E-state index contributed by atoms with van der Waals surface area (Å²) in [5.74, 6) is 0.348. The molecule has 3 rings (SSSR count). The molecule has 0 unspecified atom stereocenters. The standard InChI is InChI=1S/C24H29N3O4/c1-6-31-20-11-8-12-27-21(16(2)25-22(20)27)19(29)14-24(3,15-28)18-10-7-9-17(13-18)23(30)26(4)5/h7-13,28H,6,14-15H2,1-5H3/t24-/m0/s1. The van der Waals surface area contributed by atoms with Gasteiger partial charge >= 0.3 is 0 Å². The lowest BCUT2D eigenvalue weighted by Crippen LogP contribution is -2.31. The van der Waals surface area contributed by atoms with Gasteiger partial charge in [-0.1, -0.05) is 19.1 Å². The van der Waals surface area contributed by atoms with Gasteiger partial charge in [0.2, 0.25) is 0 Å². The van der Waals surface area contributed by atoms with Crippen LogP contribution in [0, 0.1) is 6.92 Å². The summed E-state index contributed by atoms with van der Waals surface area (Å²) >= 11 is 0. The van der Waals surface area contributed by atoms with Crippen LogP contribution in [-0.4, -0.2) is 58.4 Å². The van der Waals surface area contributed by atoms with E-state index in [4.69, 9.17) is 4.74 Å². The van der Waals surface area contributed by atoms with Crippen LogP contribution in [0.4, 0.5) is 0 Å². The molecule has 3 aromatic rings. The van der Waals surface area contributed by atoms with E-state index in [0.29, 0.717) is 35.0 Å². The number of nitrogens with zero attached hydrogens (tertiary/aromatic N) is 3. The van der Waals surface area contributed by atoms with Crippen molar-refractivity contribution >= 4 is 17.3 Å². The minimum absolute atomic E-state index is 0.0661. The number of ketones is 1. The molecule has 1 amide bonds. The second-order valence-corrected chi connectivity index (χ2v) is 8.14. The van der Waals surface area contributed by atoms with E-state index in [2.05, 4.69) is 4.98 Å². The first-order chi connectivity index (χ1) is 14.7. The van der Waals surface area contributed by atoms with Crippen LogP contribution in [0.25, 0.3) is 5.65 Å². The number of Topliss-reactive ketones (excluding diaryl/α,β-unsaturated/α-hetero) is 1. The number of rotatable bonds is 8. The second-order valence-electron chi connectivity index (χ2n) is 8.14. The molecular formula is C24H29N3O4. The molecule has 7 nitrogen and oxygen atoms in total. The zero-order chi connectivity index (χ0) is 22.8. The number of benzene rings is 1. The fourth-order valence-electron chi connectivity index (χ4n) is 3.73. The fraction of sp³-hybridized carbons (Fsp3) is 0.375. The molecule has 2 heterocycles. The number of aliphatic hydroxyl groups excluding tert-OH is 1. The van der Waals surface area contributed by atoms with Gasteiger partial charge in [0.25, 0.3) is 5.91 Å². The van der Waals surface area contributed by atoms with Gasteiger partial charge in [0.15, 0.2) is 17.2 Å². The highest BCUT2D eigenvalue weighted by Crippen LogP contribution is 2.31. The van der Waals surface area contributed by atoms with E-state index in [1.807, 2.05) is 32.0 Å². The first-order valence-corrected chi connectivity index (χ1v) is 10.3. The zero-order valence-corrected chi connectivity index (χ0v) is 18.7. The molecule has 1 atom stereocenters. The van der Waals surface area contributed by atoms with Crippen molar-refractivity contribution in [3.63, 3.8) is 0 Å². The topological polar surface area (TPSA) is 84.1 Å². The number of hydrogen-bond acceptors (Lipinski definition) is 5. The maximum absolute atomic E-state index is 13.4. The SMILES string of the molecule is CCOc1cccn2c(C(=O)C[C@@](C)(CO)c3cccc(C(=O)N(C)C)c3)c(C)nc12. The Hall–Kier alpha value is -3.19. The summed E-state index contributed by atoms with van der Waals surface area (Å²) in [7, 11) is 3.38. The molecule has 0 radical (unpaired) electrons. The molecular weight excluding hydrogens is 394 g/mol. The zero-order valence-electron chi connectivity index (χ0n) is 18.7. The number of pyridine rings is 1. The third-order valence-corrected chi connectivity index (χ3v) is 5.46. The first kappa shape index (κ1) is 22.5. The molecule has 1 N–H and O–H groups in total. The van der Waals surface area contributed by atoms with E-state index < -0.39 is 5.41 Å². The summed E-state index contributed by atoms with van der Waals surface area (Å²) in [6.07, 6.45) is 1.86. The van der Waals surface area contributed by atoms with Crippen LogP contribution in [0.15, 0.2) is 42.6 Å². The lowest BCUT2D eigenvalue weighted by Gasteiger charge is -2.28. The summed E-state index contributed by atoms with van der Waals surface area (Å²) in [5.41, 5.74) is 2.06. The Morgan fingerprint density at radius 3 is 2.61 bits per heavy atom. The fourth-order valence-corrected chi connectivity index (χ4v) is 3.73. The highest BCUT2D eigenvalue weighted by Gasteiger charge is 2.32. The largest absolute Gasteiger partial charge is 0.490 e. The number of amides is 1. The van der Waals surface area contributed by atoms with E-state index in [1.54, 1.807) is 49.8 Å². The van der Waals surface area contributed by atoms with Gasteiger partial charge in [-0.3, -0.25) is 14.0 Å². The predicted octanol–water partition coefficient (Wildman–Crippen LogP) is 3.27. The Morgan fingerprint density at radius 1 is 1.23 bits per heavy atom. The van der Waals surface area contributed by atoms with Crippen molar-refractivity contribution < 1.29 is 19.4 Å². The molecule has 0 aliphatic heterocycles. The smallest absolute Gasteiger partial charge is 0.253 e. The molecule has 0 saturated heterocycles. The van der Waals surface area contributed by atoms with Gasteiger partial charge < -0.3 is 14.7 Å². The van der Waals surface area contributed by atoms with Crippen LogP contribution >= 0.6 is 0 Å². The van der Waals surface area contributed by atoms with Gasteiger partial charge in [-0.15, -0.1) is 0 Å². The molecule has 2 aromatic heterocycles. The van der Waals surface area contributed by atoms with Crippen molar-refractivity contribution in [3.05, 3.63) is 65.1 Å². The van der Waals surface area contributed by atoms with Gasteiger partial charge in [0.05, 0.1) is 18.9 Å². The minimum Gasteiger partial charge on any atom is -0.490 e. The summed E-state index contributed by atoms with van der Waals surface area (Å²) in [5, 5.41) is 10.2. The van der Waals surface area contributed by atoms with E-state index in [-0.39, 0.29) is 24.7 Å². The van der Waals surface area contributed by atoms with Crippen molar-refractivity contribution in [2.24, 2.45) is 0 Å². The molecule has 164 valence electrons. The highest BCUT2D eigenvalue weighted by molar-refractivity contribution is 5.98. The number of hydrogen-bond donors (Lipinski definition) is 1. The number of aromatic nitrogens is 2. The summed E-state index contributed by atoms with van der Waals surface area (Å²) in [6.45, 7) is 5.78. The lowest BCUT2D eigenvalue weighted by molar-refractivity contribution is 0.0827. The average molecular weight is 424 g/mol. The quantitative estimate of drug-likeness (QED) is 0.562. The van der Waals surface area contributed by atoms with Gasteiger partial charge in [-0.25, -0.2) is 4.98 Å². The van der Waals surface area contributed by atoms with Crippen molar-refractivity contribution in [2.75, 3.05) is 27.3 Å². The van der Waals surface area contributed by atoms with Crippen LogP contribution < -0.4 is 4.74 Å². The Bertz CT molecular complexity index is 1120. The van der Waals surface area contributed by atoms with Crippen LogP contribution in [-0.2, 0) is 5.41 Å². The third-order valence-electron chi connectivity index (χ3n) is 5.46. The number of carbonyl (C=O) groups excluding carboxylic acids is 2. The Labute approximate surface area is 182 Å². The Morgan fingerprint density at radius 2 is 1.97 bits per heavy atom. The molecule has 0 bridgehead atoms. The molecule has 1 aromatic carbocycles. The average Bonchev–Trinajstić information content (AvgIpc) is 3.10. The summed E-state index contributed by atoms with van der Waals surface area (Å²) < 4.78 is 7.39. The van der Waals surface area contributed by atoms with Gasteiger partial charge in [-0.05, 0) is 43.7 Å². The molecule has 31 heavy (non-hydrogen) atoms. The van der Waals surface area contributed by atoms with Crippen molar-refractivity contribution in [2.45, 2.75) is 32.6 Å². The van der Waals surface area contributed by atoms with E-state index in [1.165, 1.54) is 4.90 Å². The van der Waals surface area contributed by atoms with Crippen LogP contribution in [0.5, 0.6) is 5.75 Å². The molecule has 0 fully saturated rings. The normalized spacial score (nSPS) is 13.1. The number of imidazole rings is 1. The van der Waals surface area contributed by atoms with Crippen LogP contribution in [0.1, 0.15) is 52.4 Å². The number of carbonyl (C=O) groups is 2. The molecule has 7 heteroatoms. The molecule has 0 aliphatic carbocycles. The molecule has 0 spiro atoms. The molecule has 0 saturated carbocycles. The number of fused-ring (bicyclic) bond motifs is 1. The van der Waals surface area contributed by atoms with E-state index in [0.717, 1.165) is 5.56 Å². The van der Waals surface area contributed by atoms with Crippen molar-refractivity contribution in [1.82, 2.24) is 14.3 Å². The monoisotopic (exact) mass is 423 g/mol. The number of ether oxygens (including phenoxy) is 1. The maximum Gasteiger partial charge on any atom is 0.253 e. The first-order valence-electron chi connectivity index (χ1n) is 10.3. The maximum atomic E-state index is 13.4. The highest BCUT2D eigenvalue weighted by atomic mass is 16.5. The van der Waals surface area contributed by atoms with Crippen LogP contribution in [0.3, 0.4) is 0 Å². The summed E-state index contributed by atoms with van der Waals surface area (Å²) in [6, 6.07) is 10.7. The Balaban J connectivity index is 1.98. The number of aliphatic hydroxyl groups is 1. The van der Waals surface area contributed by atoms with Gasteiger partial charge in [0.1, 0.15) is 5.69 Å². The second kappa shape index (κ2) is 8.89. The predicted molar refractivity (Wildman–Crippen MR) is 119 cm³/mol. The van der Waals surface area contributed by atoms with Gasteiger partial charge in [-0.2, -0.15) is 0 Å².